The number of anilines is 1. The molecule has 1 unspecified atom stereocenters. The second kappa shape index (κ2) is 12.3. The van der Waals surface area contributed by atoms with Gasteiger partial charge in [-0.25, -0.2) is 0 Å². The van der Waals surface area contributed by atoms with Crippen LogP contribution in [0.15, 0.2) is 18.2 Å². The lowest BCUT2D eigenvalue weighted by atomic mass is 10.0. The highest BCUT2D eigenvalue weighted by Crippen LogP contribution is 2.33. The van der Waals surface area contributed by atoms with Gasteiger partial charge in [0.05, 0.1) is 30.1 Å². The van der Waals surface area contributed by atoms with E-state index in [1.165, 1.54) is 19.1 Å². The van der Waals surface area contributed by atoms with Gasteiger partial charge in [-0.2, -0.15) is 26.9 Å². The molecular weight excluding hydrogens is 463 g/mol. The average molecular weight is 494 g/mol. The number of hydrogen-bond acceptors (Lipinski definition) is 7. The lowest BCUT2D eigenvalue weighted by Crippen LogP contribution is -2.48. The van der Waals surface area contributed by atoms with Crippen LogP contribution in [0, 0.1) is 11.3 Å². The van der Waals surface area contributed by atoms with Crippen LogP contribution in [-0.2, 0) is 25.3 Å². The molecule has 1 atom stereocenters. The summed E-state index contributed by atoms with van der Waals surface area (Å²) in [5, 5.41) is 21.6. The SMILES string of the molecule is CN(CCCCCCCOS(C)(=O)=O)CC(C)(O)C(=O)Nc1ccc(C#N)c(C(F)(F)F)c1. The predicted molar refractivity (Wildman–Crippen MR) is 117 cm³/mol. The highest BCUT2D eigenvalue weighted by Gasteiger charge is 2.35. The third-order valence-electron chi connectivity index (χ3n) is 4.75. The van der Waals surface area contributed by atoms with E-state index in [1.807, 2.05) is 0 Å². The highest BCUT2D eigenvalue weighted by atomic mass is 32.2. The van der Waals surface area contributed by atoms with E-state index >= 15 is 0 Å². The van der Waals surface area contributed by atoms with Gasteiger partial charge in [0, 0.05) is 12.2 Å². The number of rotatable bonds is 13. The zero-order chi connectivity index (χ0) is 25.3. The number of unbranched alkanes of at least 4 members (excludes halogenated alkanes) is 4. The van der Waals surface area contributed by atoms with Gasteiger partial charge in [-0.1, -0.05) is 19.3 Å². The van der Waals surface area contributed by atoms with Gasteiger partial charge < -0.3 is 15.3 Å². The van der Waals surface area contributed by atoms with Crippen molar-refractivity contribution in [2.24, 2.45) is 0 Å². The topological polar surface area (TPSA) is 120 Å². The first-order valence-electron chi connectivity index (χ1n) is 10.3. The molecule has 0 radical (unpaired) electrons. The Morgan fingerprint density at radius 2 is 1.82 bits per heavy atom. The zero-order valence-electron chi connectivity index (χ0n) is 18.9. The van der Waals surface area contributed by atoms with Gasteiger partial charge in [-0.15, -0.1) is 0 Å². The second-order valence-corrected chi connectivity index (χ2v) is 9.77. The Kier molecular flexibility index (Phi) is 10.8. The number of nitrogens with one attached hydrogen (secondary N) is 1. The third-order valence-corrected chi connectivity index (χ3v) is 5.35. The Labute approximate surface area is 192 Å². The molecule has 0 aromatic heterocycles. The minimum atomic E-state index is -4.75. The van der Waals surface area contributed by atoms with Gasteiger partial charge in [-0.3, -0.25) is 8.98 Å². The number of amides is 1. The molecule has 0 aliphatic heterocycles. The van der Waals surface area contributed by atoms with Crippen molar-refractivity contribution >= 4 is 21.7 Å². The highest BCUT2D eigenvalue weighted by molar-refractivity contribution is 7.85. The predicted octanol–water partition coefficient (Wildman–Crippen LogP) is 3.13. The van der Waals surface area contributed by atoms with E-state index in [2.05, 4.69) is 9.50 Å². The Hall–Kier alpha value is -2.20. The Morgan fingerprint density at radius 1 is 1.21 bits per heavy atom. The maximum atomic E-state index is 13.1. The van der Waals surface area contributed by atoms with Crippen molar-refractivity contribution in [2.45, 2.75) is 50.8 Å². The Balaban J connectivity index is 2.48. The first-order chi connectivity index (χ1) is 15.2. The molecule has 12 heteroatoms. The van der Waals surface area contributed by atoms with Crippen LogP contribution in [0.5, 0.6) is 0 Å². The van der Waals surface area contributed by atoms with Gasteiger partial charge >= 0.3 is 6.18 Å². The van der Waals surface area contributed by atoms with Crippen LogP contribution in [0.1, 0.15) is 50.2 Å². The number of halogens is 3. The fourth-order valence-electron chi connectivity index (χ4n) is 3.12. The number of alkyl halides is 3. The van der Waals surface area contributed by atoms with Crippen molar-refractivity contribution in [2.75, 3.05) is 38.3 Å². The number of nitriles is 1. The first kappa shape index (κ1) is 28.8. The Bertz CT molecular complexity index is 943. The quantitative estimate of drug-likeness (QED) is 0.320. The van der Waals surface area contributed by atoms with Crippen LogP contribution in [0.3, 0.4) is 0 Å². The molecule has 0 saturated heterocycles. The van der Waals surface area contributed by atoms with Gasteiger partial charge in [-0.05, 0) is 51.6 Å². The maximum Gasteiger partial charge on any atom is 0.417 e. The summed E-state index contributed by atoms with van der Waals surface area (Å²) in [7, 11) is -1.70. The molecule has 1 aromatic rings. The summed E-state index contributed by atoms with van der Waals surface area (Å²) >= 11 is 0. The van der Waals surface area contributed by atoms with Gasteiger partial charge in [0.15, 0.2) is 5.60 Å². The van der Waals surface area contributed by atoms with Crippen LogP contribution in [0.25, 0.3) is 0 Å². The average Bonchev–Trinajstić information content (AvgIpc) is 2.68. The van der Waals surface area contributed by atoms with Crippen molar-refractivity contribution in [1.29, 1.82) is 5.26 Å². The summed E-state index contributed by atoms with van der Waals surface area (Å²) in [6.07, 6.45) is 0.206. The summed E-state index contributed by atoms with van der Waals surface area (Å²) in [4.78, 5) is 14.2. The molecule has 0 saturated carbocycles. The van der Waals surface area contributed by atoms with Crippen LogP contribution in [0.2, 0.25) is 0 Å². The van der Waals surface area contributed by atoms with Gasteiger partial charge in [0.2, 0.25) is 0 Å². The molecule has 0 heterocycles. The van der Waals surface area contributed by atoms with Gasteiger partial charge in [0.25, 0.3) is 16.0 Å². The van der Waals surface area contributed by atoms with Crippen LogP contribution >= 0.6 is 0 Å². The monoisotopic (exact) mass is 493 g/mol. The number of nitrogens with zero attached hydrogens (tertiary/aromatic N) is 2. The second-order valence-electron chi connectivity index (χ2n) is 8.13. The summed E-state index contributed by atoms with van der Waals surface area (Å²) in [6.45, 7) is 1.97. The molecular formula is C21H30F3N3O5S. The van der Waals surface area contributed by atoms with Crippen LogP contribution in [-0.4, -0.2) is 62.9 Å². The largest absolute Gasteiger partial charge is 0.417 e. The molecule has 1 aromatic carbocycles. The zero-order valence-corrected chi connectivity index (χ0v) is 19.7. The molecule has 0 aliphatic carbocycles. The van der Waals surface area contributed by atoms with Crippen LogP contribution in [0.4, 0.5) is 18.9 Å². The van der Waals surface area contributed by atoms with Crippen molar-refractivity contribution in [3.8, 4) is 6.07 Å². The van der Waals surface area contributed by atoms with E-state index in [1.54, 1.807) is 11.9 Å². The number of likely N-dealkylation sites (N-methyl/N-ethyl adjacent to an activating group) is 1. The molecule has 8 nitrogen and oxygen atoms in total. The number of carbonyl (C=O) groups is 1. The van der Waals surface area contributed by atoms with Gasteiger partial charge in [0.1, 0.15) is 0 Å². The van der Waals surface area contributed by atoms with Crippen molar-refractivity contribution in [3.63, 3.8) is 0 Å². The number of aliphatic hydroxyl groups is 1. The van der Waals surface area contributed by atoms with Crippen LogP contribution < -0.4 is 5.32 Å². The molecule has 0 bridgehead atoms. The molecule has 0 aliphatic rings. The molecule has 33 heavy (non-hydrogen) atoms. The molecule has 1 amide bonds. The molecule has 0 spiro atoms. The minimum absolute atomic E-state index is 0.0383. The molecule has 2 N–H and O–H groups in total. The lowest BCUT2D eigenvalue weighted by Gasteiger charge is -2.28. The summed E-state index contributed by atoms with van der Waals surface area (Å²) in [5.74, 6) is -0.863. The Morgan fingerprint density at radius 3 is 2.39 bits per heavy atom. The normalized spacial score (nSPS) is 14.0. The smallest absolute Gasteiger partial charge is 0.379 e. The van der Waals surface area contributed by atoms with E-state index in [-0.39, 0.29) is 18.8 Å². The molecule has 186 valence electrons. The number of benzene rings is 1. The fourth-order valence-corrected chi connectivity index (χ4v) is 3.54. The first-order valence-corrected chi connectivity index (χ1v) is 12.2. The fraction of sp³-hybridized carbons (Fsp3) is 0.619. The number of hydrogen-bond donors (Lipinski definition) is 2. The minimum Gasteiger partial charge on any atom is -0.379 e. The number of carbonyl (C=O) groups excluding carboxylic acids is 1. The summed E-state index contributed by atoms with van der Waals surface area (Å²) in [6, 6.07) is 4.27. The van der Waals surface area contributed by atoms with Crippen molar-refractivity contribution < 1.29 is 35.7 Å². The lowest BCUT2D eigenvalue weighted by molar-refractivity contribution is -0.138. The summed E-state index contributed by atoms with van der Waals surface area (Å²) in [5.41, 5.74) is -3.75. The standard InChI is InChI=1S/C21H30F3N3O5S/c1-20(29,15-27(2)11-7-5-4-6-8-12-32-33(3,30)31)19(28)26-17-10-9-16(14-25)18(13-17)21(22,23)24/h9-10,13,29H,4-8,11-12,15H2,1-3H3,(H,26,28). The van der Waals surface area contributed by atoms with E-state index in [0.717, 1.165) is 38.0 Å². The molecule has 0 fully saturated rings. The summed E-state index contributed by atoms with van der Waals surface area (Å²) < 4.78 is 65.6. The van der Waals surface area contributed by atoms with E-state index in [9.17, 15) is 31.5 Å². The third kappa shape index (κ3) is 11.0. The molecule has 1 rings (SSSR count). The van der Waals surface area contributed by atoms with E-state index in [0.29, 0.717) is 19.0 Å². The van der Waals surface area contributed by atoms with E-state index < -0.39 is 38.9 Å². The maximum absolute atomic E-state index is 13.1. The van der Waals surface area contributed by atoms with Crippen molar-refractivity contribution in [3.05, 3.63) is 29.3 Å². The van der Waals surface area contributed by atoms with Crippen molar-refractivity contribution in [1.82, 2.24) is 4.90 Å². The van der Waals surface area contributed by atoms with E-state index in [4.69, 9.17) is 5.26 Å².